The maximum absolute atomic E-state index is 6.17. The standard InChI is InChI=1S/C12H15BrClN/c13-9-4-5-11(14)10(7-9)12(15)6-8-2-1-3-8/h4-5,7-8,12H,1-3,6,15H2. The van der Waals surface area contributed by atoms with Gasteiger partial charge in [-0.1, -0.05) is 46.8 Å². The summed E-state index contributed by atoms with van der Waals surface area (Å²) in [6.07, 6.45) is 5.10. The first-order valence-electron chi connectivity index (χ1n) is 5.37. The van der Waals surface area contributed by atoms with Crippen LogP contribution in [0.5, 0.6) is 0 Å². The molecule has 2 rings (SSSR count). The minimum absolute atomic E-state index is 0.0836. The summed E-state index contributed by atoms with van der Waals surface area (Å²) >= 11 is 9.58. The van der Waals surface area contributed by atoms with E-state index in [0.717, 1.165) is 27.4 Å². The Hall–Kier alpha value is -0.0500. The Morgan fingerprint density at radius 2 is 2.20 bits per heavy atom. The van der Waals surface area contributed by atoms with Crippen molar-refractivity contribution in [2.45, 2.75) is 31.7 Å². The van der Waals surface area contributed by atoms with Crippen LogP contribution >= 0.6 is 27.5 Å². The minimum atomic E-state index is 0.0836. The average Bonchev–Trinajstić information content (AvgIpc) is 2.15. The lowest BCUT2D eigenvalue weighted by Crippen LogP contribution is -2.20. The van der Waals surface area contributed by atoms with Crippen LogP contribution in [0.25, 0.3) is 0 Å². The Labute approximate surface area is 104 Å². The Morgan fingerprint density at radius 3 is 2.80 bits per heavy atom. The van der Waals surface area contributed by atoms with Crippen LogP contribution in [0.3, 0.4) is 0 Å². The number of rotatable bonds is 3. The highest BCUT2D eigenvalue weighted by atomic mass is 79.9. The quantitative estimate of drug-likeness (QED) is 0.882. The molecule has 0 amide bonds. The number of hydrogen-bond acceptors (Lipinski definition) is 1. The molecule has 0 radical (unpaired) electrons. The Balaban J connectivity index is 2.09. The van der Waals surface area contributed by atoms with E-state index in [1.165, 1.54) is 19.3 Å². The second-order valence-electron chi connectivity index (χ2n) is 4.30. The molecule has 15 heavy (non-hydrogen) atoms. The lowest BCUT2D eigenvalue weighted by atomic mass is 9.80. The number of hydrogen-bond donors (Lipinski definition) is 1. The van der Waals surface area contributed by atoms with Gasteiger partial charge in [0.05, 0.1) is 0 Å². The van der Waals surface area contributed by atoms with E-state index in [1.54, 1.807) is 0 Å². The van der Waals surface area contributed by atoms with Crippen LogP contribution in [0, 0.1) is 5.92 Å². The molecule has 0 aliphatic heterocycles. The molecule has 1 aromatic rings. The van der Waals surface area contributed by atoms with Crippen LogP contribution in [0.1, 0.15) is 37.3 Å². The molecule has 3 heteroatoms. The van der Waals surface area contributed by atoms with Gasteiger partial charge in [-0.15, -0.1) is 0 Å². The second-order valence-corrected chi connectivity index (χ2v) is 5.63. The van der Waals surface area contributed by atoms with Gasteiger partial charge in [0.15, 0.2) is 0 Å². The second kappa shape index (κ2) is 4.86. The first-order valence-corrected chi connectivity index (χ1v) is 6.54. The third-order valence-electron chi connectivity index (χ3n) is 3.17. The van der Waals surface area contributed by atoms with Crippen molar-refractivity contribution >= 4 is 27.5 Å². The molecule has 0 aromatic heterocycles. The molecule has 0 bridgehead atoms. The van der Waals surface area contributed by atoms with Crippen molar-refractivity contribution in [3.63, 3.8) is 0 Å². The maximum atomic E-state index is 6.17. The largest absolute Gasteiger partial charge is 0.324 e. The molecule has 0 spiro atoms. The highest BCUT2D eigenvalue weighted by molar-refractivity contribution is 9.10. The zero-order chi connectivity index (χ0) is 10.8. The van der Waals surface area contributed by atoms with Gasteiger partial charge in [0, 0.05) is 15.5 Å². The molecule has 1 unspecified atom stereocenters. The molecule has 2 N–H and O–H groups in total. The smallest absolute Gasteiger partial charge is 0.0454 e. The predicted molar refractivity (Wildman–Crippen MR) is 68.0 cm³/mol. The lowest BCUT2D eigenvalue weighted by molar-refractivity contribution is 0.277. The summed E-state index contributed by atoms with van der Waals surface area (Å²) in [5, 5.41) is 0.782. The Kier molecular flexibility index (Phi) is 3.70. The summed E-state index contributed by atoms with van der Waals surface area (Å²) in [6, 6.07) is 5.97. The van der Waals surface area contributed by atoms with Crippen molar-refractivity contribution in [2.24, 2.45) is 11.7 Å². The Morgan fingerprint density at radius 1 is 1.47 bits per heavy atom. The van der Waals surface area contributed by atoms with Gasteiger partial charge >= 0.3 is 0 Å². The first kappa shape index (κ1) is 11.4. The van der Waals surface area contributed by atoms with Crippen molar-refractivity contribution in [2.75, 3.05) is 0 Å². The molecular weight excluding hydrogens is 273 g/mol. The average molecular weight is 289 g/mol. The summed E-state index contributed by atoms with van der Waals surface area (Å²) in [7, 11) is 0. The predicted octanol–water partition coefficient (Wildman–Crippen LogP) is 4.29. The number of halogens is 2. The fourth-order valence-electron chi connectivity index (χ4n) is 2.01. The SMILES string of the molecule is NC(CC1CCC1)c1cc(Br)ccc1Cl. The fourth-order valence-corrected chi connectivity index (χ4v) is 2.65. The molecule has 1 nitrogen and oxygen atoms in total. The van der Waals surface area contributed by atoms with Crippen LogP contribution < -0.4 is 5.73 Å². The molecule has 1 aliphatic rings. The monoisotopic (exact) mass is 287 g/mol. The van der Waals surface area contributed by atoms with Crippen LogP contribution in [0.15, 0.2) is 22.7 Å². The molecule has 1 atom stereocenters. The number of benzene rings is 1. The first-order chi connectivity index (χ1) is 7.16. The fraction of sp³-hybridized carbons (Fsp3) is 0.500. The molecule has 0 saturated heterocycles. The maximum Gasteiger partial charge on any atom is 0.0454 e. The Bertz CT molecular complexity index is 349. The van der Waals surface area contributed by atoms with E-state index in [1.807, 2.05) is 18.2 Å². The van der Waals surface area contributed by atoms with Gasteiger partial charge in [-0.3, -0.25) is 0 Å². The van der Waals surface area contributed by atoms with Gasteiger partial charge in [-0.2, -0.15) is 0 Å². The van der Waals surface area contributed by atoms with Gasteiger partial charge in [0.1, 0.15) is 0 Å². The molecular formula is C12H15BrClN. The van der Waals surface area contributed by atoms with E-state index in [9.17, 15) is 0 Å². The molecule has 1 saturated carbocycles. The highest BCUT2D eigenvalue weighted by Crippen LogP contribution is 2.36. The van der Waals surface area contributed by atoms with Gasteiger partial charge < -0.3 is 5.73 Å². The van der Waals surface area contributed by atoms with E-state index >= 15 is 0 Å². The van der Waals surface area contributed by atoms with E-state index in [-0.39, 0.29) is 6.04 Å². The summed E-state index contributed by atoms with van der Waals surface area (Å²) < 4.78 is 1.05. The van der Waals surface area contributed by atoms with Crippen molar-refractivity contribution in [3.05, 3.63) is 33.3 Å². The van der Waals surface area contributed by atoms with E-state index in [4.69, 9.17) is 17.3 Å². The van der Waals surface area contributed by atoms with Crippen molar-refractivity contribution in [3.8, 4) is 0 Å². The number of nitrogens with two attached hydrogens (primary N) is 1. The van der Waals surface area contributed by atoms with Crippen molar-refractivity contribution in [1.82, 2.24) is 0 Å². The molecule has 82 valence electrons. The zero-order valence-electron chi connectivity index (χ0n) is 8.55. The van der Waals surface area contributed by atoms with Crippen molar-refractivity contribution < 1.29 is 0 Å². The van der Waals surface area contributed by atoms with Gasteiger partial charge in [-0.05, 0) is 36.1 Å². The van der Waals surface area contributed by atoms with E-state index in [2.05, 4.69) is 15.9 Å². The third-order valence-corrected chi connectivity index (χ3v) is 4.01. The summed E-state index contributed by atoms with van der Waals surface area (Å²) in [5.74, 6) is 0.815. The summed E-state index contributed by atoms with van der Waals surface area (Å²) in [6.45, 7) is 0. The van der Waals surface area contributed by atoms with E-state index in [0.29, 0.717) is 0 Å². The normalized spacial score (nSPS) is 18.6. The van der Waals surface area contributed by atoms with Gasteiger partial charge in [-0.25, -0.2) is 0 Å². The van der Waals surface area contributed by atoms with Crippen LogP contribution in [-0.2, 0) is 0 Å². The van der Waals surface area contributed by atoms with Crippen molar-refractivity contribution in [1.29, 1.82) is 0 Å². The molecule has 1 aliphatic carbocycles. The van der Waals surface area contributed by atoms with Gasteiger partial charge in [0.2, 0.25) is 0 Å². The van der Waals surface area contributed by atoms with Crippen LogP contribution in [0.2, 0.25) is 5.02 Å². The third kappa shape index (κ3) is 2.74. The highest BCUT2D eigenvalue weighted by Gasteiger charge is 2.22. The lowest BCUT2D eigenvalue weighted by Gasteiger charge is -2.28. The molecule has 0 heterocycles. The van der Waals surface area contributed by atoms with Crippen LogP contribution in [0.4, 0.5) is 0 Å². The van der Waals surface area contributed by atoms with E-state index < -0.39 is 0 Å². The topological polar surface area (TPSA) is 26.0 Å². The van der Waals surface area contributed by atoms with Gasteiger partial charge in [0.25, 0.3) is 0 Å². The van der Waals surface area contributed by atoms with Crippen LogP contribution in [-0.4, -0.2) is 0 Å². The summed E-state index contributed by atoms with van der Waals surface area (Å²) in [5.41, 5.74) is 7.24. The molecule has 1 fully saturated rings. The molecule has 1 aromatic carbocycles. The summed E-state index contributed by atoms with van der Waals surface area (Å²) in [4.78, 5) is 0. The zero-order valence-corrected chi connectivity index (χ0v) is 10.9. The minimum Gasteiger partial charge on any atom is -0.324 e.